The first-order valence-corrected chi connectivity index (χ1v) is 16.1. The minimum absolute atomic E-state index is 0. The Morgan fingerprint density at radius 2 is 1.12 bits per heavy atom. The number of rotatable bonds is 2. The van der Waals surface area contributed by atoms with Crippen molar-refractivity contribution in [3.8, 4) is 0 Å². The molecule has 0 aromatic carbocycles. The Morgan fingerprint density at radius 1 is 0.781 bits per heavy atom. The van der Waals surface area contributed by atoms with E-state index in [1.54, 1.807) is 0 Å². The summed E-state index contributed by atoms with van der Waals surface area (Å²) in [7, 11) is 11.1. The smallest absolute Gasteiger partial charge is 0.0397 e. The van der Waals surface area contributed by atoms with Crippen molar-refractivity contribution in [1.82, 2.24) is 9.97 Å². The summed E-state index contributed by atoms with van der Waals surface area (Å²) in [5.74, 6) is 0. The van der Waals surface area contributed by atoms with Crippen LogP contribution in [0.25, 0.3) is 0 Å². The van der Waals surface area contributed by atoms with Crippen molar-refractivity contribution in [3.63, 3.8) is 0 Å². The van der Waals surface area contributed by atoms with E-state index < -0.39 is 13.5 Å². The van der Waals surface area contributed by atoms with Gasteiger partial charge in [-0.05, 0) is 49.9 Å². The molecule has 2 saturated heterocycles. The number of anilines is 2. The largest absolute Gasteiger partial charge is 0.371 e. The third-order valence-corrected chi connectivity index (χ3v) is 6.37. The third-order valence-electron chi connectivity index (χ3n) is 4.83. The number of hydrogen-bond acceptors (Lipinski definition) is 4. The van der Waals surface area contributed by atoms with Gasteiger partial charge in [-0.2, -0.15) is 0 Å². The molecular weight excluding hydrogens is 528 g/mol. The van der Waals surface area contributed by atoms with Crippen molar-refractivity contribution < 1.29 is 13.5 Å². The SMILES string of the molecule is CC(C)(C)C=[C]=[Ru]([Cl])[Cl].[CH3-].c1cc(N2CCCC2)ccn1.c1cc(N2CCCC2)ccn1. The van der Waals surface area contributed by atoms with E-state index in [1.165, 1.54) is 63.2 Å². The summed E-state index contributed by atoms with van der Waals surface area (Å²) in [6, 6.07) is 8.30. The average Bonchev–Trinajstić information content (AvgIpc) is 3.48. The zero-order valence-electron chi connectivity index (χ0n) is 19.8. The van der Waals surface area contributed by atoms with Gasteiger partial charge >= 0.3 is 69.4 Å². The van der Waals surface area contributed by atoms with Crippen LogP contribution in [0.5, 0.6) is 0 Å². The zero-order valence-corrected chi connectivity index (χ0v) is 23.0. The first-order valence-electron chi connectivity index (χ1n) is 10.8. The van der Waals surface area contributed by atoms with Crippen LogP contribution in [-0.2, 0) is 13.5 Å². The van der Waals surface area contributed by atoms with Gasteiger partial charge in [-0.1, -0.05) is 0 Å². The minimum atomic E-state index is -1.67. The van der Waals surface area contributed by atoms with Crippen LogP contribution in [0.4, 0.5) is 11.4 Å². The van der Waals surface area contributed by atoms with E-state index in [0.717, 1.165) is 0 Å². The van der Waals surface area contributed by atoms with Gasteiger partial charge in [0.05, 0.1) is 0 Å². The first kappa shape index (κ1) is 28.8. The second-order valence-corrected chi connectivity index (χ2v) is 14.0. The summed E-state index contributed by atoms with van der Waals surface area (Å²) >= 11 is -1.67. The van der Waals surface area contributed by atoms with Gasteiger partial charge in [-0.25, -0.2) is 0 Å². The maximum absolute atomic E-state index is 5.55. The van der Waals surface area contributed by atoms with Gasteiger partial charge < -0.3 is 17.2 Å². The summed E-state index contributed by atoms with van der Waals surface area (Å²) in [5.41, 5.74) is 2.80. The first-order chi connectivity index (χ1) is 14.8. The molecule has 7 heteroatoms. The van der Waals surface area contributed by atoms with Crippen LogP contribution in [-0.4, -0.2) is 40.4 Å². The Labute approximate surface area is 208 Å². The second kappa shape index (κ2) is 15.6. The number of nitrogens with zero attached hydrogens (tertiary/aromatic N) is 4. The molecule has 0 radical (unpaired) electrons. The van der Waals surface area contributed by atoms with Crippen LogP contribution >= 0.6 is 19.4 Å². The van der Waals surface area contributed by atoms with E-state index >= 15 is 0 Å². The maximum Gasteiger partial charge on any atom is 0.0397 e. The van der Waals surface area contributed by atoms with E-state index in [2.05, 4.69) is 69.1 Å². The molecule has 2 aliphatic rings. The van der Waals surface area contributed by atoms with Gasteiger partial charge in [0, 0.05) is 62.3 Å². The fourth-order valence-electron chi connectivity index (χ4n) is 3.25. The summed E-state index contributed by atoms with van der Waals surface area (Å²) in [5, 5.41) is 0. The van der Waals surface area contributed by atoms with Gasteiger partial charge in [0.25, 0.3) is 0 Å². The van der Waals surface area contributed by atoms with Gasteiger partial charge in [0.2, 0.25) is 0 Å². The molecule has 180 valence electrons. The molecule has 2 aliphatic heterocycles. The van der Waals surface area contributed by atoms with Gasteiger partial charge in [-0.3, -0.25) is 9.97 Å². The van der Waals surface area contributed by atoms with Gasteiger partial charge in [0.15, 0.2) is 0 Å². The van der Waals surface area contributed by atoms with E-state index in [-0.39, 0.29) is 12.8 Å². The zero-order chi connectivity index (χ0) is 22.5. The van der Waals surface area contributed by atoms with Crippen LogP contribution in [0.15, 0.2) is 55.1 Å². The van der Waals surface area contributed by atoms with Crippen molar-refractivity contribution >= 4 is 35.0 Å². The van der Waals surface area contributed by atoms with Gasteiger partial charge in [0.1, 0.15) is 0 Å². The summed E-state index contributed by atoms with van der Waals surface area (Å²) < 4.78 is 2.93. The Balaban J connectivity index is 0.000000239. The van der Waals surface area contributed by atoms with Crippen LogP contribution in [0, 0.1) is 12.8 Å². The monoisotopic (exact) mass is 565 g/mol. The molecule has 2 aromatic heterocycles. The van der Waals surface area contributed by atoms with Crippen molar-refractivity contribution in [2.75, 3.05) is 36.0 Å². The van der Waals surface area contributed by atoms with E-state index in [4.69, 9.17) is 19.4 Å². The molecule has 0 aliphatic carbocycles. The Kier molecular flexibility index (Phi) is 14.0. The van der Waals surface area contributed by atoms with E-state index in [9.17, 15) is 0 Å². The fourth-order valence-corrected chi connectivity index (χ4v) is 4.65. The molecular formula is C25H37Cl2N4Ru-. The molecule has 4 heterocycles. The van der Waals surface area contributed by atoms with E-state index in [1.807, 2.05) is 30.9 Å². The predicted molar refractivity (Wildman–Crippen MR) is 139 cm³/mol. The van der Waals surface area contributed by atoms with Crippen LogP contribution in [0.3, 0.4) is 0 Å². The molecule has 0 unspecified atom stereocenters. The molecule has 0 spiro atoms. The van der Waals surface area contributed by atoms with Crippen LogP contribution < -0.4 is 9.80 Å². The number of pyridine rings is 2. The topological polar surface area (TPSA) is 32.3 Å². The van der Waals surface area contributed by atoms with Crippen molar-refractivity contribution in [2.24, 2.45) is 5.41 Å². The molecule has 0 bridgehead atoms. The standard InChI is InChI=1S/2C9H12N2.C6H10.CH3.2ClH.Ru/c2*1-2-8-11(7-1)9-3-5-10-6-4-9;1-5-6(2,3)4;;;;/h2*3-6H,1-2,7-8H2;5H,2-4H3;1H3;2*1H;/q;;;-1;;;+2/p-2. The molecule has 4 nitrogen and oxygen atoms in total. The molecule has 0 saturated carbocycles. The molecule has 32 heavy (non-hydrogen) atoms. The van der Waals surface area contributed by atoms with Gasteiger partial charge in [-0.15, -0.1) is 0 Å². The molecule has 0 atom stereocenters. The predicted octanol–water partition coefficient (Wildman–Crippen LogP) is 6.73. The quantitative estimate of drug-likeness (QED) is 0.299. The number of hydrogen-bond donors (Lipinski definition) is 0. The average molecular weight is 566 g/mol. The van der Waals surface area contributed by atoms with Crippen LogP contribution in [0.1, 0.15) is 46.5 Å². The number of aromatic nitrogens is 2. The van der Waals surface area contributed by atoms with Crippen molar-refractivity contribution in [2.45, 2.75) is 46.5 Å². The Morgan fingerprint density at radius 3 is 1.38 bits per heavy atom. The molecule has 0 amide bonds. The normalized spacial score (nSPS) is 15.3. The van der Waals surface area contributed by atoms with Crippen molar-refractivity contribution in [3.05, 3.63) is 62.6 Å². The molecule has 2 aromatic rings. The minimum Gasteiger partial charge on any atom is -0.371 e. The number of halogens is 2. The summed E-state index contributed by atoms with van der Waals surface area (Å²) in [6.45, 7) is 11.1. The molecule has 2 fully saturated rings. The Hall–Kier alpha value is -1.25. The Bertz CT molecular complexity index is 751. The van der Waals surface area contributed by atoms with Crippen LogP contribution in [0.2, 0.25) is 0 Å². The molecule has 4 rings (SSSR count). The maximum atomic E-state index is 5.55. The third kappa shape index (κ3) is 12.1. The second-order valence-electron chi connectivity index (χ2n) is 8.60. The van der Waals surface area contributed by atoms with E-state index in [0.29, 0.717) is 0 Å². The number of allylic oxidation sites excluding steroid dienone is 1. The van der Waals surface area contributed by atoms with Crippen molar-refractivity contribution in [1.29, 1.82) is 0 Å². The summed E-state index contributed by atoms with van der Waals surface area (Å²) in [4.78, 5) is 12.8. The fraction of sp³-hybridized carbons (Fsp3) is 0.480. The molecule has 0 N–H and O–H groups in total. The summed E-state index contributed by atoms with van der Waals surface area (Å²) in [6.07, 6.45) is 14.7.